The number of carbonyl (C=O) groups excluding carboxylic acids is 2. The molecule has 8 nitrogen and oxygen atoms in total. The van der Waals surface area contributed by atoms with Crippen LogP contribution in [0, 0.1) is 17.0 Å². The lowest BCUT2D eigenvalue weighted by molar-refractivity contribution is -0.384. The zero-order valence-corrected chi connectivity index (χ0v) is 15.1. The molecule has 8 heteroatoms. The van der Waals surface area contributed by atoms with Gasteiger partial charge in [0, 0.05) is 17.8 Å². The highest BCUT2D eigenvalue weighted by Gasteiger charge is 2.13. The van der Waals surface area contributed by atoms with Crippen molar-refractivity contribution >= 4 is 23.3 Å². The number of nitrogens with zero attached hydrogens (tertiary/aromatic N) is 1. The minimum absolute atomic E-state index is 0.0664. The third-order valence-corrected chi connectivity index (χ3v) is 3.59. The predicted octanol–water partition coefficient (Wildman–Crippen LogP) is 3.49. The number of anilines is 1. The van der Waals surface area contributed by atoms with Crippen LogP contribution in [0.3, 0.4) is 0 Å². The second-order valence-electron chi connectivity index (χ2n) is 5.75. The van der Waals surface area contributed by atoms with Crippen LogP contribution in [0.25, 0.3) is 0 Å². The molecule has 1 N–H and O–H groups in total. The fourth-order valence-electron chi connectivity index (χ4n) is 2.21. The molecule has 27 heavy (non-hydrogen) atoms. The average Bonchev–Trinajstić information content (AvgIpc) is 2.66. The summed E-state index contributed by atoms with van der Waals surface area (Å²) >= 11 is 0. The van der Waals surface area contributed by atoms with Crippen LogP contribution in [0.5, 0.6) is 5.75 Å². The smallest absolute Gasteiger partial charge is 0.338 e. The summed E-state index contributed by atoms with van der Waals surface area (Å²) in [7, 11) is 0. The van der Waals surface area contributed by atoms with Crippen LogP contribution in [0.4, 0.5) is 11.4 Å². The van der Waals surface area contributed by atoms with Crippen molar-refractivity contribution in [3.05, 3.63) is 63.7 Å². The predicted molar refractivity (Wildman–Crippen MR) is 99.0 cm³/mol. The second kappa shape index (κ2) is 9.33. The summed E-state index contributed by atoms with van der Waals surface area (Å²) in [5, 5.41) is 13.3. The lowest BCUT2D eigenvalue weighted by Gasteiger charge is -2.09. The fraction of sp³-hybridized carbons (Fsp3) is 0.263. The van der Waals surface area contributed by atoms with Gasteiger partial charge >= 0.3 is 5.97 Å². The Hall–Kier alpha value is -3.42. The van der Waals surface area contributed by atoms with Crippen molar-refractivity contribution in [2.24, 2.45) is 0 Å². The number of hydrogen-bond donors (Lipinski definition) is 1. The van der Waals surface area contributed by atoms with Gasteiger partial charge in [0.05, 0.1) is 17.1 Å². The Kier molecular flexibility index (Phi) is 6.87. The van der Waals surface area contributed by atoms with Crippen molar-refractivity contribution in [2.75, 3.05) is 18.5 Å². The van der Waals surface area contributed by atoms with Crippen molar-refractivity contribution in [1.29, 1.82) is 0 Å². The van der Waals surface area contributed by atoms with E-state index < -0.39 is 23.4 Å². The van der Waals surface area contributed by atoms with Crippen LogP contribution >= 0.6 is 0 Å². The molecule has 0 saturated carbocycles. The Bertz CT molecular complexity index is 833. The monoisotopic (exact) mass is 372 g/mol. The van der Waals surface area contributed by atoms with Crippen molar-refractivity contribution < 1.29 is 24.0 Å². The zero-order valence-electron chi connectivity index (χ0n) is 15.1. The summed E-state index contributed by atoms with van der Waals surface area (Å²) in [5.41, 5.74) is 1.19. The number of nitro groups is 1. The van der Waals surface area contributed by atoms with Crippen LogP contribution in [0.2, 0.25) is 0 Å². The number of nitro benzene ring substituents is 1. The minimum Gasteiger partial charge on any atom is -0.494 e. The normalized spacial score (nSPS) is 10.1. The van der Waals surface area contributed by atoms with E-state index in [2.05, 4.69) is 5.32 Å². The van der Waals surface area contributed by atoms with E-state index in [1.165, 1.54) is 18.2 Å². The molecule has 0 heterocycles. The SMILES string of the molecule is CCCOc1ccc(C(=O)OCC(=O)Nc2ccc([N+](=O)[O-])cc2C)cc1. The fourth-order valence-corrected chi connectivity index (χ4v) is 2.21. The van der Waals surface area contributed by atoms with E-state index in [0.717, 1.165) is 6.42 Å². The van der Waals surface area contributed by atoms with Gasteiger partial charge in [-0.3, -0.25) is 14.9 Å². The molecule has 0 aromatic heterocycles. The second-order valence-corrected chi connectivity index (χ2v) is 5.75. The van der Waals surface area contributed by atoms with Crippen molar-refractivity contribution in [3.8, 4) is 5.75 Å². The van der Waals surface area contributed by atoms with Gasteiger partial charge in [0.15, 0.2) is 6.61 Å². The van der Waals surface area contributed by atoms with Gasteiger partial charge in [0.1, 0.15) is 5.75 Å². The molecule has 0 aliphatic heterocycles. The number of hydrogen-bond acceptors (Lipinski definition) is 6. The summed E-state index contributed by atoms with van der Waals surface area (Å²) < 4.78 is 10.4. The third kappa shape index (κ3) is 5.81. The molecular formula is C19H20N2O6. The summed E-state index contributed by atoms with van der Waals surface area (Å²) in [5.74, 6) is -0.518. The van der Waals surface area contributed by atoms with Gasteiger partial charge in [0.25, 0.3) is 11.6 Å². The Labute approximate surface area is 156 Å². The molecule has 0 aliphatic rings. The lowest BCUT2D eigenvalue weighted by Crippen LogP contribution is -2.21. The van der Waals surface area contributed by atoms with Gasteiger partial charge in [-0.05, 0) is 49.2 Å². The van der Waals surface area contributed by atoms with Crippen LogP contribution in [0.15, 0.2) is 42.5 Å². The molecule has 0 radical (unpaired) electrons. The molecule has 0 atom stereocenters. The summed E-state index contributed by atoms with van der Waals surface area (Å²) in [6.07, 6.45) is 0.882. The van der Waals surface area contributed by atoms with E-state index in [1.807, 2.05) is 6.92 Å². The number of aryl methyl sites for hydroxylation is 1. The van der Waals surface area contributed by atoms with Crippen molar-refractivity contribution in [2.45, 2.75) is 20.3 Å². The largest absolute Gasteiger partial charge is 0.494 e. The van der Waals surface area contributed by atoms with Gasteiger partial charge in [-0.2, -0.15) is 0 Å². The van der Waals surface area contributed by atoms with E-state index in [-0.39, 0.29) is 5.69 Å². The number of amides is 1. The van der Waals surface area contributed by atoms with Crippen LogP contribution in [0.1, 0.15) is 29.3 Å². The van der Waals surface area contributed by atoms with E-state index in [9.17, 15) is 19.7 Å². The molecule has 1 amide bonds. The van der Waals surface area contributed by atoms with Gasteiger partial charge in [-0.1, -0.05) is 6.92 Å². The molecule has 0 spiro atoms. The molecular weight excluding hydrogens is 352 g/mol. The number of nitrogens with one attached hydrogen (secondary N) is 1. The van der Waals surface area contributed by atoms with E-state index >= 15 is 0 Å². The highest BCUT2D eigenvalue weighted by molar-refractivity contribution is 5.96. The molecule has 0 fully saturated rings. The molecule has 0 saturated heterocycles. The number of rotatable bonds is 8. The maximum Gasteiger partial charge on any atom is 0.338 e. The molecule has 0 aliphatic carbocycles. The Balaban J connectivity index is 1.87. The first-order chi connectivity index (χ1) is 12.9. The number of esters is 1. The Morgan fingerprint density at radius 1 is 1.15 bits per heavy atom. The van der Waals surface area contributed by atoms with Crippen molar-refractivity contribution in [1.82, 2.24) is 0 Å². The third-order valence-electron chi connectivity index (χ3n) is 3.59. The molecule has 2 aromatic rings. The summed E-state index contributed by atoms with van der Waals surface area (Å²) in [6.45, 7) is 3.75. The van der Waals surface area contributed by atoms with Gasteiger partial charge < -0.3 is 14.8 Å². The topological polar surface area (TPSA) is 108 Å². The summed E-state index contributed by atoms with van der Waals surface area (Å²) in [4.78, 5) is 34.2. The Morgan fingerprint density at radius 3 is 2.44 bits per heavy atom. The molecule has 142 valence electrons. The highest BCUT2D eigenvalue weighted by atomic mass is 16.6. The average molecular weight is 372 g/mol. The molecule has 0 unspecified atom stereocenters. The maximum absolute atomic E-state index is 12.0. The maximum atomic E-state index is 12.0. The van der Waals surface area contributed by atoms with E-state index in [4.69, 9.17) is 9.47 Å². The van der Waals surface area contributed by atoms with Crippen LogP contribution in [-0.2, 0) is 9.53 Å². The summed E-state index contributed by atoms with van der Waals surface area (Å²) in [6, 6.07) is 10.5. The standard InChI is InChI=1S/C19H20N2O6/c1-3-10-26-16-7-4-14(5-8-16)19(23)27-12-18(22)20-17-9-6-15(21(24)25)11-13(17)2/h4-9,11H,3,10,12H2,1-2H3,(H,20,22). The zero-order chi connectivity index (χ0) is 19.8. The first-order valence-corrected chi connectivity index (χ1v) is 8.35. The molecule has 0 bridgehead atoms. The number of benzene rings is 2. The first kappa shape index (κ1) is 19.9. The minimum atomic E-state index is -0.632. The number of carbonyl (C=O) groups is 2. The van der Waals surface area contributed by atoms with E-state index in [1.54, 1.807) is 31.2 Å². The number of ether oxygens (including phenoxy) is 2. The van der Waals surface area contributed by atoms with Crippen molar-refractivity contribution in [3.63, 3.8) is 0 Å². The Morgan fingerprint density at radius 2 is 1.85 bits per heavy atom. The van der Waals surface area contributed by atoms with Gasteiger partial charge in [0.2, 0.25) is 0 Å². The molecule has 2 rings (SSSR count). The highest BCUT2D eigenvalue weighted by Crippen LogP contribution is 2.21. The number of non-ortho nitro benzene ring substituents is 1. The van der Waals surface area contributed by atoms with Gasteiger partial charge in [-0.15, -0.1) is 0 Å². The van der Waals surface area contributed by atoms with Gasteiger partial charge in [-0.25, -0.2) is 4.79 Å². The van der Waals surface area contributed by atoms with Crippen LogP contribution in [-0.4, -0.2) is 30.0 Å². The first-order valence-electron chi connectivity index (χ1n) is 8.35. The van der Waals surface area contributed by atoms with E-state index in [0.29, 0.717) is 29.2 Å². The van der Waals surface area contributed by atoms with Crippen LogP contribution < -0.4 is 10.1 Å². The molecule has 2 aromatic carbocycles. The quantitative estimate of drug-likeness (QED) is 0.432. The lowest BCUT2D eigenvalue weighted by atomic mass is 10.2.